The van der Waals surface area contributed by atoms with Crippen molar-refractivity contribution in [3.63, 3.8) is 0 Å². The normalized spacial score (nSPS) is 28.0. The molecule has 3 fully saturated rings. The fourth-order valence-corrected chi connectivity index (χ4v) is 4.67. The molecule has 2 heterocycles. The minimum absolute atomic E-state index is 0.0503. The minimum atomic E-state index is -0.460. The van der Waals surface area contributed by atoms with E-state index in [9.17, 15) is 9.59 Å². The van der Waals surface area contributed by atoms with Gasteiger partial charge in [-0.25, -0.2) is 10.9 Å². The number of amides is 2. The molecule has 4 rings (SSSR count). The molecule has 1 aromatic carbocycles. The van der Waals surface area contributed by atoms with Gasteiger partial charge in [0.25, 0.3) is 0 Å². The second kappa shape index (κ2) is 8.78. The van der Waals surface area contributed by atoms with E-state index in [2.05, 4.69) is 33.8 Å². The molecule has 0 spiro atoms. The van der Waals surface area contributed by atoms with Crippen LogP contribution >= 0.6 is 11.6 Å². The molecule has 1 saturated carbocycles. The molecule has 8 heteroatoms. The number of fused-ring (bicyclic) bond motifs is 1. The Morgan fingerprint density at radius 3 is 2.50 bits per heavy atom. The molecule has 3 unspecified atom stereocenters. The third-order valence-electron chi connectivity index (χ3n) is 6.23. The van der Waals surface area contributed by atoms with Gasteiger partial charge in [0.1, 0.15) is 0 Å². The van der Waals surface area contributed by atoms with Crippen LogP contribution < -0.4 is 21.7 Å². The maximum absolute atomic E-state index is 12.6. The fourth-order valence-electron chi connectivity index (χ4n) is 4.55. The zero-order valence-corrected chi connectivity index (χ0v) is 16.7. The first-order chi connectivity index (χ1) is 13.6. The van der Waals surface area contributed by atoms with Crippen LogP contribution in [0.5, 0.6) is 0 Å². The van der Waals surface area contributed by atoms with E-state index >= 15 is 0 Å². The molecule has 0 bridgehead atoms. The Labute approximate surface area is 170 Å². The van der Waals surface area contributed by atoms with E-state index in [1.807, 2.05) is 12.1 Å². The van der Waals surface area contributed by atoms with Gasteiger partial charge in [-0.1, -0.05) is 23.7 Å². The maximum Gasteiger partial charge on any atom is 0.311 e. The summed E-state index contributed by atoms with van der Waals surface area (Å²) in [4.78, 5) is 26.7. The summed E-state index contributed by atoms with van der Waals surface area (Å²) in [7, 11) is 0. The number of halogens is 1. The van der Waals surface area contributed by atoms with E-state index in [0.717, 1.165) is 43.5 Å². The van der Waals surface area contributed by atoms with Gasteiger partial charge in [-0.15, -0.1) is 0 Å². The van der Waals surface area contributed by atoms with E-state index in [1.165, 1.54) is 5.56 Å². The molecule has 3 aliphatic rings. The summed E-state index contributed by atoms with van der Waals surface area (Å²) >= 11 is 5.94. The van der Waals surface area contributed by atoms with Crippen LogP contribution in [0.2, 0.25) is 5.02 Å². The van der Waals surface area contributed by atoms with Gasteiger partial charge in [-0.3, -0.25) is 9.59 Å². The van der Waals surface area contributed by atoms with Crippen LogP contribution in [0.25, 0.3) is 0 Å². The molecule has 3 atom stereocenters. The highest BCUT2D eigenvalue weighted by Crippen LogP contribution is 2.23. The van der Waals surface area contributed by atoms with Crippen molar-refractivity contribution in [3.8, 4) is 0 Å². The summed E-state index contributed by atoms with van der Waals surface area (Å²) in [6, 6.07) is 8.69. The topological polar surface area (TPSA) is 85.5 Å². The second-order valence-electron chi connectivity index (χ2n) is 8.18. The van der Waals surface area contributed by atoms with Gasteiger partial charge in [0.05, 0.1) is 0 Å². The molecule has 7 nitrogen and oxygen atoms in total. The summed E-state index contributed by atoms with van der Waals surface area (Å²) in [5.74, 6) is -0.307. The van der Waals surface area contributed by atoms with E-state index in [4.69, 9.17) is 11.6 Å². The standard InChI is InChI=1S/C20H28ClN5O2/c21-15-3-1-13(2-4-15)11-14-7-9-26(10-8-14)20(28)19(27)22-16-5-6-17-18(12-16)24-25-23-17/h1-4,14,16-18,23-25H,5-12H2,(H,22,27). The molecule has 0 aromatic heterocycles. The molecular formula is C20H28ClN5O2. The molecule has 1 aromatic rings. The highest BCUT2D eigenvalue weighted by atomic mass is 35.5. The SMILES string of the molecule is O=C(NC1CCC2NNNC2C1)C(=O)N1CCC(Cc2ccc(Cl)cc2)CC1. The summed E-state index contributed by atoms with van der Waals surface area (Å²) in [6.07, 6.45) is 5.53. The fraction of sp³-hybridized carbons (Fsp3) is 0.600. The van der Waals surface area contributed by atoms with Crippen molar-refractivity contribution < 1.29 is 9.59 Å². The number of nitrogens with zero attached hydrogens (tertiary/aromatic N) is 1. The number of carbonyl (C=O) groups is 2. The predicted octanol–water partition coefficient (Wildman–Crippen LogP) is 1.14. The van der Waals surface area contributed by atoms with Crippen molar-refractivity contribution in [2.45, 2.75) is 56.7 Å². The molecular weight excluding hydrogens is 378 g/mol. The highest BCUT2D eigenvalue weighted by molar-refractivity contribution is 6.35. The minimum Gasteiger partial charge on any atom is -0.345 e. The maximum atomic E-state index is 12.6. The number of rotatable bonds is 3. The van der Waals surface area contributed by atoms with Crippen LogP contribution in [-0.2, 0) is 16.0 Å². The van der Waals surface area contributed by atoms with Crippen molar-refractivity contribution in [2.75, 3.05) is 13.1 Å². The first-order valence-corrected chi connectivity index (χ1v) is 10.6. The Morgan fingerprint density at radius 2 is 1.75 bits per heavy atom. The molecule has 2 saturated heterocycles. The Hall–Kier alpha value is -1.67. The Balaban J connectivity index is 1.22. The Kier molecular flexibility index (Phi) is 6.16. The van der Waals surface area contributed by atoms with Gasteiger partial charge in [0, 0.05) is 36.2 Å². The van der Waals surface area contributed by atoms with E-state index in [-0.39, 0.29) is 18.0 Å². The van der Waals surface area contributed by atoms with Gasteiger partial charge < -0.3 is 10.2 Å². The van der Waals surface area contributed by atoms with Crippen molar-refractivity contribution >= 4 is 23.4 Å². The van der Waals surface area contributed by atoms with Gasteiger partial charge in [0.2, 0.25) is 0 Å². The van der Waals surface area contributed by atoms with Gasteiger partial charge >= 0.3 is 11.8 Å². The second-order valence-corrected chi connectivity index (χ2v) is 8.61. The van der Waals surface area contributed by atoms with Crippen LogP contribution in [-0.4, -0.2) is 47.9 Å². The van der Waals surface area contributed by atoms with Crippen LogP contribution in [0.1, 0.15) is 37.7 Å². The summed E-state index contributed by atoms with van der Waals surface area (Å²) in [5.41, 5.74) is 10.6. The lowest BCUT2D eigenvalue weighted by Gasteiger charge is -2.33. The van der Waals surface area contributed by atoms with E-state index in [0.29, 0.717) is 25.0 Å². The van der Waals surface area contributed by atoms with Crippen molar-refractivity contribution in [1.29, 1.82) is 0 Å². The molecule has 0 radical (unpaired) electrons. The lowest BCUT2D eigenvalue weighted by atomic mass is 9.88. The van der Waals surface area contributed by atoms with Gasteiger partial charge in [0.15, 0.2) is 0 Å². The Morgan fingerprint density at radius 1 is 1.04 bits per heavy atom. The number of benzene rings is 1. The summed E-state index contributed by atoms with van der Waals surface area (Å²) in [5, 5.41) is 3.70. The highest BCUT2D eigenvalue weighted by Gasteiger charge is 2.35. The molecule has 4 N–H and O–H groups in total. The predicted molar refractivity (Wildman–Crippen MR) is 107 cm³/mol. The molecule has 2 amide bonds. The van der Waals surface area contributed by atoms with Crippen LogP contribution in [0.15, 0.2) is 24.3 Å². The number of piperidine rings is 1. The van der Waals surface area contributed by atoms with Crippen LogP contribution in [0, 0.1) is 5.92 Å². The summed E-state index contributed by atoms with van der Waals surface area (Å²) < 4.78 is 0. The zero-order chi connectivity index (χ0) is 19.5. The smallest absolute Gasteiger partial charge is 0.311 e. The molecule has 152 valence electrons. The number of hydrogen-bond acceptors (Lipinski definition) is 5. The van der Waals surface area contributed by atoms with Crippen molar-refractivity contribution in [2.24, 2.45) is 5.92 Å². The lowest BCUT2D eigenvalue weighted by Crippen LogP contribution is -2.52. The number of hydrogen-bond donors (Lipinski definition) is 4. The first kappa shape index (κ1) is 19.6. The number of hydrazine groups is 2. The van der Waals surface area contributed by atoms with Crippen LogP contribution in [0.3, 0.4) is 0 Å². The largest absolute Gasteiger partial charge is 0.345 e. The van der Waals surface area contributed by atoms with Crippen molar-refractivity contribution in [1.82, 2.24) is 26.6 Å². The van der Waals surface area contributed by atoms with Crippen LogP contribution in [0.4, 0.5) is 0 Å². The van der Waals surface area contributed by atoms with Gasteiger partial charge in [-0.2, -0.15) is 5.53 Å². The number of likely N-dealkylation sites (tertiary alicyclic amines) is 1. The Bertz CT molecular complexity index is 705. The molecule has 2 aliphatic heterocycles. The molecule has 28 heavy (non-hydrogen) atoms. The van der Waals surface area contributed by atoms with Gasteiger partial charge in [-0.05, 0) is 62.1 Å². The lowest BCUT2D eigenvalue weighted by molar-refractivity contribution is -0.147. The molecule has 1 aliphatic carbocycles. The van der Waals surface area contributed by atoms with E-state index in [1.54, 1.807) is 4.90 Å². The monoisotopic (exact) mass is 405 g/mol. The van der Waals surface area contributed by atoms with E-state index < -0.39 is 5.91 Å². The first-order valence-electron chi connectivity index (χ1n) is 10.2. The zero-order valence-electron chi connectivity index (χ0n) is 15.9. The van der Waals surface area contributed by atoms with Crippen molar-refractivity contribution in [3.05, 3.63) is 34.9 Å². The number of nitrogens with one attached hydrogen (secondary N) is 4. The average molecular weight is 406 g/mol. The summed E-state index contributed by atoms with van der Waals surface area (Å²) in [6.45, 7) is 1.30. The quantitative estimate of drug-likeness (QED) is 0.567. The third-order valence-corrected chi connectivity index (χ3v) is 6.49. The third kappa shape index (κ3) is 4.66. The average Bonchev–Trinajstić information content (AvgIpc) is 3.17. The number of carbonyl (C=O) groups excluding carboxylic acids is 2.